The van der Waals surface area contributed by atoms with Gasteiger partial charge in [-0.3, -0.25) is 0 Å². The van der Waals surface area contributed by atoms with Crippen LogP contribution in [-0.2, 0) is 0 Å². The molecule has 1 aliphatic carbocycles. The Hall–Kier alpha value is -1.03. The van der Waals surface area contributed by atoms with Gasteiger partial charge in [-0.1, -0.05) is 11.6 Å². The van der Waals surface area contributed by atoms with Gasteiger partial charge in [0.15, 0.2) is 5.15 Å². The molecule has 1 aromatic heterocycles. The number of halogens is 1. The molecule has 5 heteroatoms. The van der Waals surface area contributed by atoms with Crippen molar-refractivity contribution in [2.24, 2.45) is 0 Å². The Labute approximate surface area is 87.4 Å². The van der Waals surface area contributed by atoms with Crippen molar-refractivity contribution in [1.82, 2.24) is 9.97 Å². The molecule has 4 nitrogen and oxygen atoms in total. The van der Waals surface area contributed by atoms with Crippen LogP contribution < -0.4 is 10.5 Å². The molecule has 0 aliphatic heterocycles. The highest BCUT2D eigenvalue weighted by atomic mass is 35.5. The second-order valence-corrected chi connectivity index (χ2v) is 3.77. The average Bonchev–Trinajstić information content (AvgIpc) is 2.66. The largest absolute Gasteiger partial charge is 0.473 e. The third-order valence-electron chi connectivity index (χ3n) is 2.38. The number of nitrogens with zero attached hydrogens (tertiary/aromatic N) is 2. The Morgan fingerprint density at radius 2 is 2.07 bits per heavy atom. The molecular formula is C9H12ClN3O. The van der Waals surface area contributed by atoms with E-state index in [0.29, 0.717) is 11.6 Å². The van der Waals surface area contributed by atoms with Gasteiger partial charge in [-0.15, -0.1) is 0 Å². The van der Waals surface area contributed by atoms with Crippen LogP contribution in [0.15, 0.2) is 6.33 Å². The lowest BCUT2D eigenvalue weighted by Crippen LogP contribution is -2.13. The fourth-order valence-corrected chi connectivity index (χ4v) is 1.74. The van der Waals surface area contributed by atoms with Gasteiger partial charge in [0.1, 0.15) is 18.1 Å². The van der Waals surface area contributed by atoms with Crippen molar-refractivity contribution in [2.75, 3.05) is 5.73 Å². The van der Waals surface area contributed by atoms with E-state index >= 15 is 0 Å². The standard InChI is InChI=1S/C9H12ClN3O/c10-8-7(11)9(13-5-12-8)14-6-3-1-2-4-6/h5-6H,1-4,11H2. The van der Waals surface area contributed by atoms with Crippen LogP contribution in [0.25, 0.3) is 0 Å². The summed E-state index contributed by atoms with van der Waals surface area (Å²) < 4.78 is 5.63. The molecule has 14 heavy (non-hydrogen) atoms. The maximum absolute atomic E-state index is 5.74. The second-order valence-electron chi connectivity index (χ2n) is 3.41. The summed E-state index contributed by atoms with van der Waals surface area (Å²) in [6.45, 7) is 0. The van der Waals surface area contributed by atoms with Gasteiger partial charge in [-0.05, 0) is 25.7 Å². The van der Waals surface area contributed by atoms with Crippen molar-refractivity contribution in [3.05, 3.63) is 11.5 Å². The molecule has 1 saturated carbocycles. The van der Waals surface area contributed by atoms with Crippen LogP contribution in [0.2, 0.25) is 5.15 Å². The highest BCUT2D eigenvalue weighted by molar-refractivity contribution is 6.32. The van der Waals surface area contributed by atoms with E-state index in [4.69, 9.17) is 22.1 Å². The Balaban J connectivity index is 2.11. The van der Waals surface area contributed by atoms with E-state index in [2.05, 4.69) is 9.97 Å². The molecule has 2 rings (SSSR count). The molecule has 1 heterocycles. The minimum Gasteiger partial charge on any atom is -0.473 e. The van der Waals surface area contributed by atoms with Crippen LogP contribution in [0, 0.1) is 0 Å². The van der Waals surface area contributed by atoms with E-state index in [1.807, 2.05) is 0 Å². The smallest absolute Gasteiger partial charge is 0.242 e. The molecule has 0 atom stereocenters. The van der Waals surface area contributed by atoms with Crippen molar-refractivity contribution in [2.45, 2.75) is 31.8 Å². The molecule has 0 bridgehead atoms. The molecule has 1 aliphatic rings. The first-order valence-corrected chi connectivity index (χ1v) is 5.08. The highest BCUT2D eigenvalue weighted by Gasteiger charge is 2.18. The first kappa shape index (κ1) is 9.52. The maximum Gasteiger partial charge on any atom is 0.242 e. The molecule has 1 aromatic rings. The Bertz CT molecular complexity index is 326. The SMILES string of the molecule is Nc1c(Cl)ncnc1OC1CCCC1. The molecule has 0 radical (unpaired) electrons. The number of hydrogen-bond acceptors (Lipinski definition) is 4. The van der Waals surface area contributed by atoms with Gasteiger partial charge in [0, 0.05) is 0 Å². The van der Waals surface area contributed by atoms with Crippen LogP contribution in [-0.4, -0.2) is 16.1 Å². The summed E-state index contributed by atoms with van der Waals surface area (Å²) in [4.78, 5) is 7.72. The summed E-state index contributed by atoms with van der Waals surface area (Å²) >= 11 is 5.74. The molecule has 0 aromatic carbocycles. The van der Waals surface area contributed by atoms with Gasteiger partial charge in [-0.25, -0.2) is 4.98 Å². The lowest BCUT2D eigenvalue weighted by molar-refractivity contribution is 0.202. The average molecular weight is 214 g/mol. The number of nitrogen functional groups attached to an aromatic ring is 1. The van der Waals surface area contributed by atoms with E-state index in [9.17, 15) is 0 Å². The summed E-state index contributed by atoms with van der Waals surface area (Å²) in [5.74, 6) is 0.414. The van der Waals surface area contributed by atoms with Gasteiger partial charge >= 0.3 is 0 Å². The monoisotopic (exact) mass is 213 g/mol. The number of anilines is 1. The maximum atomic E-state index is 5.74. The van der Waals surface area contributed by atoms with Crippen molar-refractivity contribution >= 4 is 17.3 Å². The molecule has 0 amide bonds. The Morgan fingerprint density at radius 3 is 2.79 bits per heavy atom. The zero-order valence-electron chi connectivity index (χ0n) is 7.74. The number of rotatable bonds is 2. The predicted molar refractivity (Wildman–Crippen MR) is 54.3 cm³/mol. The summed E-state index contributed by atoms with van der Waals surface area (Å²) in [6, 6.07) is 0. The highest BCUT2D eigenvalue weighted by Crippen LogP contribution is 2.28. The molecule has 0 spiro atoms. The molecule has 1 fully saturated rings. The van der Waals surface area contributed by atoms with Crippen molar-refractivity contribution in [3.8, 4) is 5.88 Å². The fraction of sp³-hybridized carbons (Fsp3) is 0.556. The van der Waals surface area contributed by atoms with Crippen molar-refractivity contribution in [1.29, 1.82) is 0 Å². The van der Waals surface area contributed by atoms with E-state index in [1.54, 1.807) is 0 Å². The number of aromatic nitrogens is 2. The normalized spacial score (nSPS) is 17.2. The predicted octanol–water partition coefficient (Wildman–Crippen LogP) is 2.03. The fourth-order valence-electron chi connectivity index (χ4n) is 1.62. The summed E-state index contributed by atoms with van der Waals surface area (Å²) in [5.41, 5.74) is 6.01. The van der Waals surface area contributed by atoms with E-state index in [0.717, 1.165) is 12.8 Å². The molecular weight excluding hydrogens is 202 g/mol. The van der Waals surface area contributed by atoms with E-state index in [-0.39, 0.29) is 11.3 Å². The van der Waals surface area contributed by atoms with Gasteiger partial charge in [0.05, 0.1) is 0 Å². The number of hydrogen-bond donors (Lipinski definition) is 1. The van der Waals surface area contributed by atoms with Crippen molar-refractivity contribution < 1.29 is 4.74 Å². The quantitative estimate of drug-likeness (QED) is 0.764. The lowest BCUT2D eigenvalue weighted by atomic mass is 10.3. The van der Waals surface area contributed by atoms with Crippen LogP contribution in [0.3, 0.4) is 0 Å². The van der Waals surface area contributed by atoms with Gasteiger partial charge in [-0.2, -0.15) is 4.98 Å². The van der Waals surface area contributed by atoms with Crippen LogP contribution in [0.1, 0.15) is 25.7 Å². The summed E-state index contributed by atoms with van der Waals surface area (Å²) in [5, 5.41) is 0.257. The second kappa shape index (κ2) is 4.00. The van der Waals surface area contributed by atoms with Gasteiger partial charge in [0.2, 0.25) is 5.88 Å². The van der Waals surface area contributed by atoms with E-state index in [1.165, 1.54) is 19.2 Å². The Kier molecular flexibility index (Phi) is 2.72. The summed E-state index contributed by atoms with van der Waals surface area (Å²) in [6.07, 6.45) is 6.17. The van der Waals surface area contributed by atoms with E-state index < -0.39 is 0 Å². The molecule has 2 N–H and O–H groups in total. The lowest BCUT2D eigenvalue weighted by Gasteiger charge is -2.13. The summed E-state index contributed by atoms with van der Waals surface area (Å²) in [7, 11) is 0. The van der Waals surface area contributed by atoms with Crippen LogP contribution in [0.5, 0.6) is 5.88 Å². The minimum atomic E-state index is 0.239. The number of nitrogens with two attached hydrogens (primary N) is 1. The van der Waals surface area contributed by atoms with Crippen molar-refractivity contribution in [3.63, 3.8) is 0 Å². The first-order chi connectivity index (χ1) is 6.77. The third-order valence-corrected chi connectivity index (χ3v) is 2.68. The third kappa shape index (κ3) is 1.90. The topological polar surface area (TPSA) is 61.0 Å². The van der Waals surface area contributed by atoms with Crippen LogP contribution in [0.4, 0.5) is 5.69 Å². The van der Waals surface area contributed by atoms with Crippen LogP contribution >= 0.6 is 11.6 Å². The zero-order valence-corrected chi connectivity index (χ0v) is 8.50. The molecule has 76 valence electrons. The van der Waals surface area contributed by atoms with Gasteiger partial charge in [0.25, 0.3) is 0 Å². The number of ether oxygens (including phenoxy) is 1. The Morgan fingerprint density at radius 1 is 1.36 bits per heavy atom. The minimum absolute atomic E-state index is 0.239. The molecule has 0 unspecified atom stereocenters. The first-order valence-electron chi connectivity index (χ1n) is 4.70. The van der Waals surface area contributed by atoms with Gasteiger partial charge < -0.3 is 10.5 Å². The molecule has 0 saturated heterocycles. The zero-order chi connectivity index (χ0) is 9.97.